The number of aromatic nitrogens is 1. The lowest BCUT2D eigenvalue weighted by Crippen LogP contribution is -2.21. The third kappa shape index (κ3) is 6.10. The quantitative estimate of drug-likeness (QED) is 0.344. The second-order valence-electron chi connectivity index (χ2n) is 7.26. The first-order valence-electron chi connectivity index (χ1n) is 10.6. The Kier molecular flexibility index (Phi) is 7.49. The minimum absolute atomic E-state index is 0.145. The zero-order valence-corrected chi connectivity index (χ0v) is 19.5. The molecule has 9 heteroatoms. The van der Waals surface area contributed by atoms with Gasteiger partial charge in [-0.2, -0.15) is 0 Å². The number of amides is 2. The van der Waals surface area contributed by atoms with E-state index in [1.54, 1.807) is 47.8 Å². The van der Waals surface area contributed by atoms with Gasteiger partial charge in [0.15, 0.2) is 12.3 Å². The van der Waals surface area contributed by atoms with Gasteiger partial charge in [0.2, 0.25) is 0 Å². The molecule has 176 valence electrons. The summed E-state index contributed by atoms with van der Waals surface area (Å²) >= 11 is 1.32. The van der Waals surface area contributed by atoms with Crippen LogP contribution in [0.25, 0.3) is 10.6 Å². The first-order chi connectivity index (χ1) is 17.0. The largest absolute Gasteiger partial charge is 0.495 e. The van der Waals surface area contributed by atoms with E-state index < -0.39 is 18.5 Å². The van der Waals surface area contributed by atoms with Crippen LogP contribution in [0.15, 0.2) is 84.2 Å². The van der Waals surface area contributed by atoms with E-state index in [4.69, 9.17) is 9.47 Å². The number of esters is 1. The summed E-state index contributed by atoms with van der Waals surface area (Å²) in [4.78, 5) is 41.2. The van der Waals surface area contributed by atoms with Gasteiger partial charge in [-0.05, 0) is 36.4 Å². The number of nitrogens with one attached hydrogen (secondary N) is 2. The Labute approximate surface area is 205 Å². The maximum absolute atomic E-state index is 12.5. The standard InChI is InChI=1S/C26H21N3O5S/c1-33-22-10-6-5-9-20(22)28-24(31)17-11-13-19(14-12-17)27-23(30)15-34-26(32)21-16-35-25(29-21)18-7-3-2-4-8-18/h2-14,16H,15H2,1H3,(H,27,30)(H,28,31). The van der Waals surface area contributed by atoms with Crippen LogP contribution < -0.4 is 15.4 Å². The summed E-state index contributed by atoms with van der Waals surface area (Å²) in [5, 5.41) is 7.70. The number of hydrogen-bond donors (Lipinski definition) is 2. The minimum Gasteiger partial charge on any atom is -0.495 e. The first-order valence-corrected chi connectivity index (χ1v) is 11.4. The normalized spacial score (nSPS) is 10.3. The molecule has 0 radical (unpaired) electrons. The maximum Gasteiger partial charge on any atom is 0.358 e. The van der Waals surface area contributed by atoms with E-state index in [0.29, 0.717) is 27.7 Å². The molecule has 8 nitrogen and oxygen atoms in total. The number of hydrogen-bond acceptors (Lipinski definition) is 7. The lowest BCUT2D eigenvalue weighted by molar-refractivity contribution is -0.119. The molecule has 0 spiro atoms. The SMILES string of the molecule is COc1ccccc1NC(=O)c1ccc(NC(=O)COC(=O)c2csc(-c3ccccc3)n2)cc1. The molecule has 0 aliphatic rings. The Bertz CT molecular complexity index is 1340. The fourth-order valence-corrected chi connectivity index (χ4v) is 3.93. The van der Waals surface area contributed by atoms with E-state index in [2.05, 4.69) is 15.6 Å². The molecule has 0 unspecified atom stereocenters. The molecule has 0 saturated heterocycles. The van der Waals surface area contributed by atoms with Gasteiger partial charge in [0.25, 0.3) is 11.8 Å². The molecule has 0 atom stereocenters. The Morgan fingerprint density at radius 2 is 1.60 bits per heavy atom. The minimum atomic E-state index is -0.679. The van der Waals surface area contributed by atoms with Crippen LogP contribution in [0.2, 0.25) is 0 Å². The molecule has 2 N–H and O–H groups in total. The van der Waals surface area contributed by atoms with Crippen LogP contribution in [0.4, 0.5) is 11.4 Å². The van der Waals surface area contributed by atoms with Crippen molar-refractivity contribution in [1.82, 2.24) is 4.98 Å². The Hall–Kier alpha value is -4.50. The molecule has 1 heterocycles. The van der Waals surface area contributed by atoms with Crippen LogP contribution in [0.3, 0.4) is 0 Å². The molecule has 0 bridgehead atoms. The molecule has 4 aromatic rings. The number of anilines is 2. The van der Waals surface area contributed by atoms with Crippen molar-refractivity contribution in [2.75, 3.05) is 24.4 Å². The summed E-state index contributed by atoms with van der Waals surface area (Å²) in [5.41, 5.74) is 2.45. The predicted octanol–water partition coefficient (Wildman–Crippen LogP) is 4.87. The topological polar surface area (TPSA) is 107 Å². The Morgan fingerprint density at radius 1 is 0.886 bits per heavy atom. The molecular formula is C26H21N3O5S. The Morgan fingerprint density at radius 3 is 2.34 bits per heavy atom. The number of ether oxygens (including phenoxy) is 2. The highest BCUT2D eigenvalue weighted by Gasteiger charge is 2.15. The zero-order valence-electron chi connectivity index (χ0n) is 18.7. The summed E-state index contributed by atoms with van der Waals surface area (Å²) in [6.07, 6.45) is 0. The number of benzene rings is 3. The number of methoxy groups -OCH3 is 1. The smallest absolute Gasteiger partial charge is 0.358 e. The lowest BCUT2D eigenvalue weighted by Gasteiger charge is -2.10. The van der Waals surface area contributed by atoms with Gasteiger partial charge >= 0.3 is 5.97 Å². The summed E-state index contributed by atoms with van der Waals surface area (Å²) < 4.78 is 10.3. The lowest BCUT2D eigenvalue weighted by atomic mass is 10.2. The van der Waals surface area contributed by atoms with Gasteiger partial charge in [-0.3, -0.25) is 9.59 Å². The molecule has 2 amide bonds. The van der Waals surface area contributed by atoms with E-state index in [1.807, 2.05) is 36.4 Å². The van der Waals surface area contributed by atoms with Crippen LogP contribution in [-0.4, -0.2) is 36.5 Å². The third-order valence-corrected chi connectivity index (χ3v) is 5.75. The highest BCUT2D eigenvalue weighted by atomic mass is 32.1. The molecule has 0 saturated carbocycles. The van der Waals surface area contributed by atoms with Gasteiger partial charge in [-0.1, -0.05) is 42.5 Å². The summed E-state index contributed by atoms with van der Waals surface area (Å²) in [7, 11) is 1.53. The van der Waals surface area contributed by atoms with E-state index in [0.717, 1.165) is 5.56 Å². The van der Waals surface area contributed by atoms with Crippen LogP contribution >= 0.6 is 11.3 Å². The number of carbonyl (C=O) groups excluding carboxylic acids is 3. The molecule has 0 aliphatic carbocycles. The van der Waals surface area contributed by atoms with Crippen molar-refractivity contribution in [3.63, 3.8) is 0 Å². The van der Waals surface area contributed by atoms with Gasteiger partial charge in [0.05, 0.1) is 12.8 Å². The molecular weight excluding hydrogens is 466 g/mol. The monoisotopic (exact) mass is 487 g/mol. The Balaban J connectivity index is 1.28. The molecule has 4 rings (SSSR count). The first kappa shape index (κ1) is 23.7. The highest BCUT2D eigenvalue weighted by Crippen LogP contribution is 2.25. The number of thiazole rings is 1. The van der Waals surface area contributed by atoms with E-state index in [9.17, 15) is 14.4 Å². The molecule has 0 aliphatic heterocycles. The predicted molar refractivity (Wildman–Crippen MR) is 134 cm³/mol. The van der Waals surface area contributed by atoms with Crippen molar-refractivity contribution in [2.45, 2.75) is 0 Å². The zero-order chi connectivity index (χ0) is 24.6. The maximum atomic E-state index is 12.5. The van der Waals surface area contributed by atoms with Crippen LogP contribution in [0.1, 0.15) is 20.8 Å². The number of carbonyl (C=O) groups is 3. The second-order valence-corrected chi connectivity index (χ2v) is 8.12. The van der Waals surface area contributed by atoms with Gasteiger partial charge in [-0.15, -0.1) is 11.3 Å². The molecule has 3 aromatic carbocycles. The molecule has 0 fully saturated rings. The fraction of sp³-hybridized carbons (Fsp3) is 0.0769. The van der Waals surface area contributed by atoms with Crippen molar-refractivity contribution < 1.29 is 23.9 Å². The summed E-state index contributed by atoms with van der Waals surface area (Å²) in [6, 6.07) is 22.9. The van der Waals surface area contributed by atoms with Crippen molar-refractivity contribution in [1.29, 1.82) is 0 Å². The van der Waals surface area contributed by atoms with E-state index >= 15 is 0 Å². The fourth-order valence-electron chi connectivity index (χ4n) is 3.13. The van der Waals surface area contributed by atoms with Gasteiger partial charge < -0.3 is 20.1 Å². The van der Waals surface area contributed by atoms with Crippen LogP contribution in [-0.2, 0) is 9.53 Å². The molecule has 35 heavy (non-hydrogen) atoms. The molecule has 1 aromatic heterocycles. The van der Waals surface area contributed by atoms with Crippen molar-refractivity contribution in [2.24, 2.45) is 0 Å². The van der Waals surface area contributed by atoms with Gasteiger partial charge in [0, 0.05) is 22.2 Å². The number of rotatable bonds is 8. The van der Waals surface area contributed by atoms with E-state index in [-0.39, 0.29) is 11.6 Å². The summed E-state index contributed by atoms with van der Waals surface area (Å²) in [6.45, 7) is -0.465. The van der Waals surface area contributed by atoms with Gasteiger partial charge in [-0.25, -0.2) is 9.78 Å². The highest BCUT2D eigenvalue weighted by molar-refractivity contribution is 7.13. The van der Waals surface area contributed by atoms with Crippen LogP contribution in [0, 0.1) is 0 Å². The van der Waals surface area contributed by atoms with Crippen molar-refractivity contribution in [3.8, 4) is 16.3 Å². The number of nitrogens with zero attached hydrogens (tertiary/aromatic N) is 1. The van der Waals surface area contributed by atoms with Crippen molar-refractivity contribution in [3.05, 3.63) is 95.5 Å². The average Bonchev–Trinajstić information content (AvgIpc) is 3.39. The second kappa shape index (κ2) is 11.1. The third-order valence-electron chi connectivity index (χ3n) is 4.85. The average molecular weight is 488 g/mol. The van der Waals surface area contributed by atoms with E-state index in [1.165, 1.54) is 18.4 Å². The summed E-state index contributed by atoms with van der Waals surface area (Å²) in [5.74, 6) is -0.960. The number of para-hydroxylation sites is 2. The van der Waals surface area contributed by atoms with Crippen molar-refractivity contribution >= 4 is 40.5 Å². The van der Waals surface area contributed by atoms with Crippen LogP contribution in [0.5, 0.6) is 5.75 Å². The van der Waals surface area contributed by atoms with Gasteiger partial charge in [0.1, 0.15) is 10.8 Å².